The van der Waals surface area contributed by atoms with Crippen molar-refractivity contribution in [1.29, 1.82) is 0 Å². The van der Waals surface area contributed by atoms with Crippen LogP contribution in [0.5, 0.6) is 0 Å². The summed E-state index contributed by atoms with van der Waals surface area (Å²) in [5.74, 6) is 0. The molecule has 0 aromatic heterocycles. The quantitative estimate of drug-likeness (QED) is 0.477. The van der Waals surface area contributed by atoms with E-state index in [0.29, 0.717) is 17.6 Å². The zero-order valence-corrected chi connectivity index (χ0v) is 22.2. The van der Waals surface area contributed by atoms with Crippen molar-refractivity contribution in [2.24, 2.45) is 5.41 Å². The average Bonchev–Trinajstić information content (AvgIpc) is 2.47. The molecule has 2 aromatic carbocycles. The summed E-state index contributed by atoms with van der Waals surface area (Å²) in [6.45, 7) is 29.2. The summed E-state index contributed by atoms with van der Waals surface area (Å²) in [7, 11) is -1.44. The van der Waals surface area contributed by atoms with Crippen molar-refractivity contribution >= 4 is 25.7 Å². The SMILES string of the molecule is Cc1cc(C)c(B(c2c(C)cc(C)cc2C)C(CC(C)(C)C)[Si](C)(C)C)c(C)c1. The molecule has 0 saturated carbocycles. The molecular formula is C27H43BSi. The Morgan fingerprint density at radius 1 is 0.690 bits per heavy atom. The third-order valence-electron chi connectivity index (χ3n) is 6.45. The van der Waals surface area contributed by atoms with Crippen LogP contribution in [-0.4, -0.2) is 14.8 Å². The molecular weight excluding hydrogens is 363 g/mol. The Kier molecular flexibility index (Phi) is 7.00. The highest BCUT2D eigenvalue weighted by molar-refractivity contribution is 7.00. The van der Waals surface area contributed by atoms with E-state index in [0.717, 1.165) is 0 Å². The number of aryl methyl sites for hydroxylation is 6. The van der Waals surface area contributed by atoms with Gasteiger partial charge in [0.05, 0.1) is 0 Å². The minimum Gasteiger partial charge on any atom is -0.0698 e. The van der Waals surface area contributed by atoms with E-state index in [1.165, 1.54) is 39.8 Å². The van der Waals surface area contributed by atoms with Gasteiger partial charge >= 0.3 is 0 Å². The second-order valence-electron chi connectivity index (χ2n) is 11.8. The van der Waals surface area contributed by atoms with Crippen molar-refractivity contribution in [2.75, 3.05) is 0 Å². The average molecular weight is 407 g/mol. The summed E-state index contributed by atoms with van der Waals surface area (Å²) in [4.78, 5) is 0. The van der Waals surface area contributed by atoms with Crippen LogP contribution >= 0.6 is 0 Å². The predicted octanol–water partition coefficient (Wildman–Crippen LogP) is 6.83. The summed E-state index contributed by atoms with van der Waals surface area (Å²) in [6, 6.07) is 9.58. The molecule has 0 radical (unpaired) electrons. The van der Waals surface area contributed by atoms with Gasteiger partial charge in [-0.3, -0.25) is 0 Å². The molecule has 0 aliphatic carbocycles. The van der Waals surface area contributed by atoms with Crippen LogP contribution in [0, 0.1) is 47.0 Å². The van der Waals surface area contributed by atoms with Gasteiger partial charge in [-0.2, -0.15) is 0 Å². The van der Waals surface area contributed by atoms with E-state index in [1.807, 2.05) is 0 Å². The van der Waals surface area contributed by atoms with Gasteiger partial charge < -0.3 is 0 Å². The Morgan fingerprint density at radius 2 is 1.00 bits per heavy atom. The van der Waals surface area contributed by atoms with Gasteiger partial charge in [0.25, 0.3) is 0 Å². The molecule has 0 N–H and O–H groups in total. The van der Waals surface area contributed by atoms with E-state index in [2.05, 4.69) is 106 Å². The molecule has 2 aromatic rings. The molecule has 0 aliphatic heterocycles. The van der Waals surface area contributed by atoms with Crippen LogP contribution in [0.3, 0.4) is 0 Å². The maximum absolute atomic E-state index is 2.58. The number of hydrogen-bond acceptors (Lipinski definition) is 0. The summed E-state index contributed by atoms with van der Waals surface area (Å²) >= 11 is 0. The lowest BCUT2D eigenvalue weighted by Crippen LogP contribution is -2.57. The highest BCUT2D eigenvalue weighted by Crippen LogP contribution is 2.38. The molecule has 0 spiro atoms. The van der Waals surface area contributed by atoms with Crippen molar-refractivity contribution in [1.82, 2.24) is 0 Å². The normalized spacial score (nSPS) is 13.5. The monoisotopic (exact) mass is 406 g/mol. The molecule has 0 nitrogen and oxygen atoms in total. The fourth-order valence-corrected chi connectivity index (χ4v) is 8.05. The van der Waals surface area contributed by atoms with E-state index < -0.39 is 8.07 Å². The summed E-state index contributed by atoms with van der Waals surface area (Å²) in [5, 5.41) is 0. The van der Waals surface area contributed by atoms with Crippen LogP contribution in [0.25, 0.3) is 0 Å². The molecule has 0 saturated heterocycles. The smallest absolute Gasteiger partial charge is 0.0698 e. The van der Waals surface area contributed by atoms with Gasteiger partial charge in [-0.1, -0.05) is 121 Å². The summed E-state index contributed by atoms with van der Waals surface area (Å²) in [6.07, 6.45) is 1.27. The molecule has 29 heavy (non-hydrogen) atoms. The molecule has 0 fully saturated rings. The Bertz CT molecular complexity index is 777. The largest absolute Gasteiger partial charge is 0.211 e. The topological polar surface area (TPSA) is 0 Å². The second kappa shape index (κ2) is 8.46. The van der Waals surface area contributed by atoms with Crippen molar-refractivity contribution in [2.45, 2.75) is 93.8 Å². The zero-order valence-electron chi connectivity index (χ0n) is 21.2. The van der Waals surface area contributed by atoms with Gasteiger partial charge in [0, 0.05) is 8.07 Å². The second-order valence-corrected chi connectivity index (χ2v) is 17.3. The first kappa shape index (κ1) is 24.0. The van der Waals surface area contributed by atoms with Gasteiger partial charge in [-0.15, -0.1) is 0 Å². The van der Waals surface area contributed by atoms with E-state index in [1.54, 1.807) is 10.9 Å². The van der Waals surface area contributed by atoms with Crippen LogP contribution in [-0.2, 0) is 0 Å². The summed E-state index contributed by atoms with van der Waals surface area (Å²) in [5.41, 5.74) is 12.8. The standard InChI is InChI=1S/C27H43BSi/c1-18-13-20(3)25(21(4)14-18)28(24(29(10,11)12)17-27(7,8)9)26-22(5)15-19(2)16-23(26)6/h13-16,24H,17H2,1-12H3. The number of hydrogen-bond donors (Lipinski definition) is 0. The van der Waals surface area contributed by atoms with Gasteiger partial charge in [0.2, 0.25) is 6.71 Å². The lowest BCUT2D eigenvalue weighted by atomic mass is 9.34. The lowest BCUT2D eigenvalue weighted by molar-refractivity contribution is 0.385. The fraction of sp³-hybridized carbons (Fsp3) is 0.556. The first-order valence-corrected chi connectivity index (χ1v) is 14.8. The maximum atomic E-state index is 2.58. The van der Waals surface area contributed by atoms with Gasteiger partial charge in [0.1, 0.15) is 0 Å². The Balaban J connectivity index is 2.90. The molecule has 158 valence electrons. The highest BCUT2D eigenvalue weighted by Gasteiger charge is 2.42. The number of rotatable bonds is 5. The molecule has 1 unspecified atom stereocenters. The number of benzene rings is 2. The molecule has 1 atom stereocenters. The summed E-state index contributed by atoms with van der Waals surface area (Å²) < 4.78 is 0. The zero-order chi connectivity index (χ0) is 22.3. The van der Waals surface area contributed by atoms with Crippen LogP contribution in [0.2, 0.25) is 25.1 Å². The molecule has 0 amide bonds. The van der Waals surface area contributed by atoms with Gasteiger partial charge in [-0.25, -0.2) is 0 Å². The molecule has 0 aliphatic rings. The fourth-order valence-electron chi connectivity index (χ4n) is 5.49. The Labute approximate surface area is 182 Å². The predicted molar refractivity (Wildman–Crippen MR) is 137 cm³/mol. The van der Waals surface area contributed by atoms with E-state index in [-0.39, 0.29) is 0 Å². The minimum atomic E-state index is -1.44. The van der Waals surface area contributed by atoms with Gasteiger partial charge in [-0.05, 0) is 47.0 Å². The Morgan fingerprint density at radius 3 is 1.24 bits per heavy atom. The van der Waals surface area contributed by atoms with Crippen LogP contribution < -0.4 is 10.9 Å². The van der Waals surface area contributed by atoms with E-state index >= 15 is 0 Å². The van der Waals surface area contributed by atoms with Crippen LogP contribution in [0.15, 0.2) is 24.3 Å². The first-order chi connectivity index (χ1) is 13.1. The first-order valence-electron chi connectivity index (χ1n) is 11.3. The minimum absolute atomic E-state index is 0.322. The van der Waals surface area contributed by atoms with Crippen molar-refractivity contribution in [3.63, 3.8) is 0 Å². The van der Waals surface area contributed by atoms with Gasteiger partial charge in [0.15, 0.2) is 0 Å². The van der Waals surface area contributed by atoms with Crippen molar-refractivity contribution in [3.8, 4) is 0 Å². The van der Waals surface area contributed by atoms with Crippen molar-refractivity contribution < 1.29 is 0 Å². The van der Waals surface area contributed by atoms with Crippen LogP contribution in [0.1, 0.15) is 60.6 Å². The molecule has 2 heteroatoms. The van der Waals surface area contributed by atoms with E-state index in [4.69, 9.17) is 0 Å². The highest BCUT2D eigenvalue weighted by atomic mass is 28.3. The third-order valence-corrected chi connectivity index (χ3v) is 9.21. The van der Waals surface area contributed by atoms with Crippen LogP contribution in [0.4, 0.5) is 0 Å². The van der Waals surface area contributed by atoms with Crippen molar-refractivity contribution in [3.05, 3.63) is 57.6 Å². The molecule has 2 rings (SSSR count). The molecule has 0 bridgehead atoms. The Hall–Kier alpha value is -1.28. The lowest BCUT2D eigenvalue weighted by Gasteiger charge is -2.41. The third kappa shape index (κ3) is 5.66. The van der Waals surface area contributed by atoms with E-state index in [9.17, 15) is 0 Å². The molecule has 0 heterocycles. The maximum Gasteiger partial charge on any atom is 0.211 e.